The van der Waals surface area contributed by atoms with Crippen LogP contribution in [0.4, 0.5) is 0 Å². The van der Waals surface area contributed by atoms with Crippen molar-refractivity contribution in [2.75, 3.05) is 13.1 Å². The Labute approximate surface area is 106 Å². The van der Waals surface area contributed by atoms with Gasteiger partial charge in [0.25, 0.3) is 0 Å². The first-order valence-corrected chi connectivity index (χ1v) is 8.04. The summed E-state index contributed by atoms with van der Waals surface area (Å²) in [6, 6.07) is 1.69. The van der Waals surface area contributed by atoms with Gasteiger partial charge in [-0.2, -0.15) is 4.31 Å². The molecule has 2 N–H and O–H groups in total. The Balaban J connectivity index is 2.25. The van der Waals surface area contributed by atoms with Crippen LogP contribution in [0.2, 0.25) is 0 Å². The van der Waals surface area contributed by atoms with Crippen LogP contribution in [0.15, 0.2) is 16.3 Å². The van der Waals surface area contributed by atoms with Crippen molar-refractivity contribution in [1.29, 1.82) is 0 Å². The largest absolute Gasteiger partial charge is 0.326 e. The van der Waals surface area contributed by atoms with Gasteiger partial charge in [0.2, 0.25) is 10.0 Å². The number of hydrogen-bond acceptors (Lipinski definition) is 4. The van der Waals surface area contributed by atoms with Crippen LogP contribution in [-0.2, 0) is 16.6 Å². The van der Waals surface area contributed by atoms with Gasteiger partial charge in [0.1, 0.15) is 0 Å². The Morgan fingerprint density at radius 1 is 1.41 bits per heavy atom. The Kier molecular flexibility index (Phi) is 3.58. The van der Waals surface area contributed by atoms with Crippen LogP contribution >= 0.6 is 11.3 Å². The van der Waals surface area contributed by atoms with E-state index in [-0.39, 0.29) is 0 Å². The van der Waals surface area contributed by atoms with Crippen LogP contribution in [0, 0.1) is 11.8 Å². The molecule has 2 heterocycles. The summed E-state index contributed by atoms with van der Waals surface area (Å²) in [6.07, 6.45) is 0. The Bertz CT molecular complexity index is 485. The van der Waals surface area contributed by atoms with Crippen molar-refractivity contribution >= 4 is 21.4 Å². The van der Waals surface area contributed by atoms with Gasteiger partial charge in [-0.15, -0.1) is 11.3 Å². The standard InChI is InChI=1S/C11H18N2O2S2/c1-8-5-13(6-9(8)2)17(14,15)11-3-10(4-12)16-7-11/h3,7-9H,4-6,12H2,1-2H3. The lowest BCUT2D eigenvalue weighted by molar-refractivity contribution is 0.463. The van der Waals surface area contributed by atoms with Crippen LogP contribution in [0.25, 0.3) is 0 Å². The molecule has 17 heavy (non-hydrogen) atoms. The zero-order valence-electron chi connectivity index (χ0n) is 10.1. The van der Waals surface area contributed by atoms with E-state index in [1.165, 1.54) is 11.3 Å². The average molecular weight is 274 g/mol. The highest BCUT2D eigenvalue weighted by Crippen LogP contribution is 2.29. The van der Waals surface area contributed by atoms with Gasteiger partial charge in [0.15, 0.2) is 0 Å². The fourth-order valence-electron chi connectivity index (χ4n) is 2.02. The maximum Gasteiger partial charge on any atom is 0.243 e. The molecule has 0 aliphatic carbocycles. The average Bonchev–Trinajstić information content (AvgIpc) is 2.87. The molecule has 1 saturated heterocycles. The van der Waals surface area contributed by atoms with Crippen molar-refractivity contribution in [1.82, 2.24) is 4.31 Å². The first-order valence-electron chi connectivity index (χ1n) is 5.72. The minimum absolute atomic E-state index is 0.393. The SMILES string of the molecule is CC1CN(S(=O)(=O)c2csc(CN)c2)CC1C. The first-order chi connectivity index (χ1) is 7.95. The van der Waals surface area contributed by atoms with E-state index in [0.717, 1.165) is 4.88 Å². The fourth-order valence-corrected chi connectivity index (χ4v) is 4.81. The third-order valence-corrected chi connectivity index (χ3v) is 6.34. The molecule has 1 aromatic heterocycles. The van der Waals surface area contributed by atoms with E-state index < -0.39 is 10.0 Å². The van der Waals surface area contributed by atoms with Gasteiger partial charge in [0, 0.05) is 29.9 Å². The quantitative estimate of drug-likeness (QED) is 0.908. The zero-order chi connectivity index (χ0) is 12.6. The fraction of sp³-hybridized carbons (Fsp3) is 0.636. The predicted molar refractivity (Wildman–Crippen MR) is 69.3 cm³/mol. The summed E-state index contributed by atoms with van der Waals surface area (Å²) in [5, 5.41) is 1.69. The summed E-state index contributed by atoms with van der Waals surface area (Å²) in [5.74, 6) is 0.856. The lowest BCUT2D eigenvalue weighted by Crippen LogP contribution is -2.28. The zero-order valence-corrected chi connectivity index (χ0v) is 11.7. The number of thiophene rings is 1. The highest BCUT2D eigenvalue weighted by Gasteiger charge is 2.35. The number of rotatable bonds is 3. The van der Waals surface area contributed by atoms with E-state index in [1.807, 2.05) is 0 Å². The number of sulfonamides is 1. The van der Waals surface area contributed by atoms with E-state index in [2.05, 4.69) is 13.8 Å². The van der Waals surface area contributed by atoms with Crippen molar-refractivity contribution < 1.29 is 8.42 Å². The predicted octanol–water partition coefficient (Wildman–Crippen LogP) is 1.48. The summed E-state index contributed by atoms with van der Waals surface area (Å²) < 4.78 is 26.3. The topological polar surface area (TPSA) is 63.4 Å². The molecule has 1 aliphatic heterocycles. The Morgan fingerprint density at radius 2 is 2.00 bits per heavy atom. The van der Waals surface area contributed by atoms with E-state index in [9.17, 15) is 8.42 Å². The van der Waals surface area contributed by atoms with E-state index >= 15 is 0 Å². The molecule has 6 heteroatoms. The summed E-state index contributed by atoms with van der Waals surface area (Å²) in [4.78, 5) is 1.30. The van der Waals surface area contributed by atoms with Crippen LogP contribution in [0.1, 0.15) is 18.7 Å². The lowest BCUT2D eigenvalue weighted by atomic mass is 10.0. The van der Waals surface area contributed by atoms with Crippen LogP contribution in [0.3, 0.4) is 0 Å². The van der Waals surface area contributed by atoms with Gasteiger partial charge >= 0.3 is 0 Å². The molecule has 0 amide bonds. The molecular weight excluding hydrogens is 256 g/mol. The monoisotopic (exact) mass is 274 g/mol. The second kappa shape index (κ2) is 4.68. The third kappa shape index (κ3) is 2.40. The molecule has 0 bridgehead atoms. The van der Waals surface area contributed by atoms with E-state index in [4.69, 9.17) is 5.73 Å². The molecular formula is C11H18N2O2S2. The highest BCUT2D eigenvalue weighted by atomic mass is 32.2. The van der Waals surface area contributed by atoms with E-state index in [1.54, 1.807) is 15.8 Å². The number of hydrogen-bond donors (Lipinski definition) is 1. The van der Waals surface area contributed by atoms with Crippen molar-refractivity contribution in [3.8, 4) is 0 Å². The van der Waals surface area contributed by atoms with Crippen molar-refractivity contribution in [3.63, 3.8) is 0 Å². The third-order valence-electron chi connectivity index (χ3n) is 3.42. The van der Waals surface area contributed by atoms with Crippen molar-refractivity contribution in [2.24, 2.45) is 17.6 Å². The molecule has 4 nitrogen and oxygen atoms in total. The minimum Gasteiger partial charge on any atom is -0.326 e. The first kappa shape index (κ1) is 13.0. The molecule has 1 aliphatic rings. The molecule has 2 atom stereocenters. The maximum atomic E-state index is 12.3. The van der Waals surface area contributed by atoms with Crippen LogP contribution in [0.5, 0.6) is 0 Å². The Hall–Kier alpha value is -0.430. The summed E-state index contributed by atoms with van der Waals surface area (Å²) in [6.45, 7) is 5.83. The molecule has 0 radical (unpaired) electrons. The lowest BCUT2D eigenvalue weighted by Gasteiger charge is -2.14. The normalized spacial score (nSPS) is 26.5. The maximum absolute atomic E-state index is 12.3. The second-order valence-electron chi connectivity index (χ2n) is 4.73. The van der Waals surface area contributed by atoms with Gasteiger partial charge in [-0.3, -0.25) is 0 Å². The molecule has 1 aromatic rings. The molecule has 0 spiro atoms. The summed E-state index contributed by atoms with van der Waals surface area (Å²) in [5.41, 5.74) is 5.51. The van der Waals surface area contributed by atoms with Gasteiger partial charge in [0.05, 0.1) is 4.90 Å². The van der Waals surface area contributed by atoms with Crippen molar-refractivity contribution in [3.05, 3.63) is 16.3 Å². The number of nitrogens with zero attached hydrogens (tertiary/aromatic N) is 1. The van der Waals surface area contributed by atoms with Gasteiger partial charge < -0.3 is 5.73 Å². The summed E-state index contributed by atoms with van der Waals surface area (Å²) in [7, 11) is -3.31. The molecule has 0 saturated carbocycles. The smallest absolute Gasteiger partial charge is 0.243 e. The van der Waals surface area contributed by atoms with Gasteiger partial charge in [-0.1, -0.05) is 13.8 Å². The van der Waals surface area contributed by atoms with Gasteiger partial charge in [-0.25, -0.2) is 8.42 Å². The molecule has 1 fully saturated rings. The van der Waals surface area contributed by atoms with Crippen LogP contribution in [-0.4, -0.2) is 25.8 Å². The Morgan fingerprint density at radius 3 is 2.47 bits per heavy atom. The van der Waals surface area contributed by atoms with Crippen LogP contribution < -0.4 is 5.73 Å². The van der Waals surface area contributed by atoms with E-state index in [0.29, 0.717) is 36.4 Å². The number of nitrogens with two attached hydrogens (primary N) is 1. The molecule has 2 rings (SSSR count). The second-order valence-corrected chi connectivity index (χ2v) is 7.66. The summed E-state index contributed by atoms with van der Waals surface area (Å²) >= 11 is 1.41. The minimum atomic E-state index is -3.31. The van der Waals surface area contributed by atoms with Crippen molar-refractivity contribution in [2.45, 2.75) is 25.3 Å². The van der Waals surface area contributed by atoms with Gasteiger partial charge in [-0.05, 0) is 17.9 Å². The molecule has 96 valence electrons. The highest BCUT2D eigenvalue weighted by molar-refractivity contribution is 7.89. The molecule has 0 aromatic carbocycles. The molecule has 2 unspecified atom stereocenters.